The number of nitrogens with one attached hydrogen (secondary N) is 1. The van der Waals surface area contributed by atoms with Crippen molar-refractivity contribution in [2.75, 3.05) is 31.9 Å². The van der Waals surface area contributed by atoms with E-state index >= 15 is 0 Å². The molecule has 1 aliphatic rings. The van der Waals surface area contributed by atoms with E-state index in [4.69, 9.17) is 9.41 Å². The normalized spacial score (nSPS) is 18.1. The number of aliphatic imine (C=N–C) groups is 1. The van der Waals surface area contributed by atoms with E-state index in [9.17, 15) is 8.42 Å². The zero-order valence-electron chi connectivity index (χ0n) is 17.0. The molecule has 1 aromatic heterocycles. The first-order valence-corrected chi connectivity index (χ1v) is 11.3. The zero-order valence-corrected chi connectivity index (χ0v) is 20.2. The quantitative estimate of drug-likeness (QED) is 0.352. The van der Waals surface area contributed by atoms with E-state index in [1.165, 1.54) is 5.56 Å². The molecule has 3 rings (SSSR count). The van der Waals surface area contributed by atoms with Gasteiger partial charge in [0.05, 0.1) is 16.8 Å². The number of guanidine groups is 1. The van der Waals surface area contributed by atoms with Gasteiger partial charge in [0, 0.05) is 32.6 Å². The average molecular weight is 531 g/mol. The molecule has 1 saturated heterocycles. The Morgan fingerprint density at radius 3 is 2.59 bits per heavy atom. The molecule has 0 spiro atoms. The Morgan fingerprint density at radius 1 is 1.17 bits per heavy atom. The van der Waals surface area contributed by atoms with E-state index < -0.39 is 14.6 Å². The molecule has 1 fully saturated rings. The van der Waals surface area contributed by atoms with Crippen molar-refractivity contribution in [1.29, 1.82) is 0 Å². The van der Waals surface area contributed by atoms with E-state index in [0.717, 1.165) is 24.7 Å². The second kappa shape index (κ2) is 10.5. The third-order valence-corrected chi connectivity index (χ3v) is 7.62. The number of benzene rings is 1. The molecular formula is C21H30IN3O3S. The largest absolute Gasteiger partial charge is 0.469 e. The van der Waals surface area contributed by atoms with Crippen LogP contribution in [0.15, 0.2) is 58.1 Å². The summed E-state index contributed by atoms with van der Waals surface area (Å²) in [4.78, 5) is 6.81. The van der Waals surface area contributed by atoms with E-state index in [1.807, 2.05) is 30.3 Å². The average Bonchev–Trinajstić information content (AvgIpc) is 3.17. The van der Waals surface area contributed by atoms with Crippen LogP contribution in [-0.2, 0) is 22.7 Å². The molecular weight excluding hydrogens is 501 g/mol. The summed E-state index contributed by atoms with van der Waals surface area (Å²) in [6.07, 6.45) is 3.26. The molecule has 29 heavy (non-hydrogen) atoms. The number of hydrogen-bond acceptors (Lipinski definition) is 4. The highest BCUT2D eigenvalue weighted by atomic mass is 127. The second-order valence-corrected chi connectivity index (χ2v) is 10.4. The van der Waals surface area contributed by atoms with Gasteiger partial charge in [-0.2, -0.15) is 0 Å². The van der Waals surface area contributed by atoms with Gasteiger partial charge in [-0.3, -0.25) is 4.99 Å². The maximum atomic E-state index is 12.3. The highest BCUT2D eigenvalue weighted by Crippen LogP contribution is 2.23. The summed E-state index contributed by atoms with van der Waals surface area (Å²) in [6, 6.07) is 14.1. The van der Waals surface area contributed by atoms with Crippen molar-refractivity contribution in [3.05, 3.63) is 60.1 Å². The van der Waals surface area contributed by atoms with Crippen LogP contribution in [0, 0.1) is 0 Å². The summed E-state index contributed by atoms with van der Waals surface area (Å²) >= 11 is 0. The maximum Gasteiger partial charge on any atom is 0.194 e. The fourth-order valence-corrected chi connectivity index (χ4v) is 4.65. The van der Waals surface area contributed by atoms with Crippen molar-refractivity contribution in [1.82, 2.24) is 10.2 Å². The monoisotopic (exact) mass is 531 g/mol. The fourth-order valence-electron chi connectivity index (χ4n) is 3.28. The van der Waals surface area contributed by atoms with Gasteiger partial charge >= 0.3 is 0 Å². The van der Waals surface area contributed by atoms with Crippen molar-refractivity contribution >= 4 is 39.8 Å². The number of rotatable bonds is 6. The lowest BCUT2D eigenvalue weighted by molar-refractivity contribution is 0.352. The van der Waals surface area contributed by atoms with Crippen LogP contribution in [0.2, 0.25) is 0 Å². The minimum absolute atomic E-state index is 0. The van der Waals surface area contributed by atoms with Crippen LogP contribution in [0.1, 0.15) is 25.2 Å². The summed E-state index contributed by atoms with van der Waals surface area (Å²) in [6.45, 7) is 5.81. The molecule has 0 unspecified atom stereocenters. The van der Waals surface area contributed by atoms with E-state index in [0.29, 0.717) is 26.1 Å². The number of furan rings is 1. The summed E-state index contributed by atoms with van der Waals surface area (Å²) < 4.78 is 29.3. The van der Waals surface area contributed by atoms with Gasteiger partial charge in [-0.1, -0.05) is 30.3 Å². The third-order valence-electron chi connectivity index (χ3n) is 5.08. The molecule has 0 aliphatic carbocycles. The fraction of sp³-hybridized carbons (Fsp3) is 0.476. The predicted octanol–water partition coefficient (Wildman–Crippen LogP) is 3.14. The third kappa shape index (κ3) is 6.47. The highest BCUT2D eigenvalue weighted by Gasteiger charge is 2.40. The number of sulfone groups is 1. The summed E-state index contributed by atoms with van der Waals surface area (Å²) in [5.41, 5.74) is 1.26. The lowest BCUT2D eigenvalue weighted by atomic mass is 10.1. The van der Waals surface area contributed by atoms with E-state index in [-0.39, 0.29) is 29.7 Å². The first-order chi connectivity index (χ1) is 13.4. The van der Waals surface area contributed by atoms with E-state index in [2.05, 4.69) is 22.3 Å². The van der Waals surface area contributed by atoms with Gasteiger partial charge < -0.3 is 14.6 Å². The van der Waals surface area contributed by atoms with Gasteiger partial charge in [0.1, 0.15) is 5.76 Å². The Labute approximate surface area is 190 Å². The predicted molar refractivity (Wildman–Crippen MR) is 128 cm³/mol. The molecule has 2 aromatic rings. The second-order valence-electron chi connectivity index (χ2n) is 7.70. The van der Waals surface area contributed by atoms with Crippen molar-refractivity contribution in [3.8, 4) is 0 Å². The molecule has 0 saturated carbocycles. The summed E-state index contributed by atoms with van der Waals surface area (Å²) in [5, 5.41) is 3.43. The maximum absolute atomic E-state index is 12.3. The minimum atomic E-state index is -3.09. The first-order valence-electron chi connectivity index (χ1n) is 9.69. The molecule has 1 aliphatic heterocycles. The molecule has 0 amide bonds. The van der Waals surface area contributed by atoms with Gasteiger partial charge in [0.15, 0.2) is 15.8 Å². The minimum Gasteiger partial charge on any atom is -0.469 e. The van der Waals surface area contributed by atoms with Gasteiger partial charge in [0.25, 0.3) is 0 Å². The van der Waals surface area contributed by atoms with Gasteiger partial charge in [-0.25, -0.2) is 8.42 Å². The van der Waals surface area contributed by atoms with Crippen molar-refractivity contribution in [2.45, 2.75) is 31.4 Å². The molecule has 2 heterocycles. The number of halogens is 1. The summed E-state index contributed by atoms with van der Waals surface area (Å²) in [5.74, 6) is 1.82. The van der Waals surface area contributed by atoms with Crippen LogP contribution >= 0.6 is 24.0 Å². The Hall–Kier alpha value is -1.55. The van der Waals surface area contributed by atoms with Gasteiger partial charge in [0.2, 0.25) is 0 Å². The number of nitrogens with zero attached hydrogens (tertiary/aromatic N) is 2. The SMILES string of the molecule is CC1(C)CN(C(=NCCc2ccco2)NCCc2ccccc2)CCS1(=O)=O.I. The topological polar surface area (TPSA) is 74.9 Å². The lowest BCUT2D eigenvalue weighted by Gasteiger charge is -2.39. The van der Waals surface area contributed by atoms with Crippen LogP contribution in [0.4, 0.5) is 0 Å². The van der Waals surface area contributed by atoms with Crippen LogP contribution in [-0.4, -0.2) is 56.0 Å². The highest BCUT2D eigenvalue weighted by molar-refractivity contribution is 14.0. The summed E-state index contributed by atoms with van der Waals surface area (Å²) in [7, 11) is -3.09. The molecule has 0 bridgehead atoms. The molecule has 0 atom stereocenters. The van der Waals surface area contributed by atoms with Crippen molar-refractivity contribution in [3.63, 3.8) is 0 Å². The van der Waals surface area contributed by atoms with Crippen LogP contribution in [0.5, 0.6) is 0 Å². The Balaban J connectivity index is 0.00000300. The molecule has 6 nitrogen and oxygen atoms in total. The Bertz CT molecular complexity index is 881. The van der Waals surface area contributed by atoms with Gasteiger partial charge in [-0.05, 0) is 38.0 Å². The standard InChI is InChI=1S/C21H29N3O3S.HI/c1-21(2)17-24(14-16-28(21,25)26)20(23-13-11-19-9-6-15-27-19)22-12-10-18-7-4-3-5-8-18;/h3-9,15H,10-14,16-17H2,1-2H3,(H,22,23);1H. The van der Waals surface area contributed by atoms with E-state index in [1.54, 1.807) is 20.1 Å². The smallest absolute Gasteiger partial charge is 0.194 e. The van der Waals surface area contributed by atoms with Crippen molar-refractivity contribution in [2.24, 2.45) is 4.99 Å². The zero-order chi connectivity index (χ0) is 20.0. The number of hydrogen-bond donors (Lipinski definition) is 1. The molecule has 1 N–H and O–H groups in total. The van der Waals surface area contributed by atoms with Crippen LogP contribution in [0.25, 0.3) is 0 Å². The molecule has 1 aromatic carbocycles. The van der Waals surface area contributed by atoms with Crippen LogP contribution in [0.3, 0.4) is 0 Å². The Morgan fingerprint density at radius 2 is 1.93 bits per heavy atom. The first kappa shape index (κ1) is 23.7. The lowest BCUT2D eigenvalue weighted by Crippen LogP contribution is -2.57. The Kier molecular flexibility index (Phi) is 8.57. The van der Waals surface area contributed by atoms with Gasteiger partial charge in [-0.15, -0.1) is 24.0 Å². The van der Waals surface area contributed by atoms with Crippen molar-refractivity contribution < 1.29 is 12.8 Å². The molecule has 8 heteroatoms. The van der Waals surface area contributed by atoms with Crippen LogP contribution < -0.4 is 5.32 Å². The molecule has 0 radical (unpaired) electrons. The molecule has 160 valence electrons.